The zero-order valence-corrected chi connectivity index (χ0v) is 13.0. The lowest BCUT2D eigenvalue weighted by Crippen LogP contribution is -2.31. The Balaban J connectivity index is 2.65. The molecule has 20 heavy (non-hydrogen) atoms. The first-order chi connectivity index (χ1) is 9.19. The molecule has 3 N–H and O–H groups in total. The Morgan fingerprint density at radius 1 is 1.35 bits per heavy atom. The molecule has 0 aliphatic rings. The Morgan fingerprint density at radius 2 is 1.90 bits per heavy atom. The summed E-state index contributed by atoms with van der Waals surface area (Å²) in [4.78, 5) is 11.4. The molecule has 0 heterocycles. The number of hydrogen-bond donors (Lipinski definition) is 2. The lowest BCUT2D eigenvalue weighted by atomic mass is 10.1. The number of ether oxygens (including phenoxy) is 1. The SMILES string of the molecule is CC(C)(C)OC(=O)N/N=C(/N)Cc1c(Cl)cccc1Cl. The molecule has 1 aromatic rings. The van der Waals surface area contributed by atoms with Gasteiger partial charge in [0, 0.05) is 16.5 Å². The van der Waals surface area contributed by atoms with Gasteiger partial charge in [-0.1, -0.05) is 29.3 Å². The van der Waals surface area contributed by atoms with E-state index in [1.165, 1.54) is 0 Å². The van der Waals surface area contributed by atoms with Gasteiger partial charge in [0.1, 0.15) is 11.4 Å². The first-order valence-electron chi connectivity index (χ1n) is 5.93. The molecular formula is C13H17Cl2N3O2. The second-order valence-corrected chi connectivity index (χ2v) is 5.91. The molecule has 0 atom stereocenters. The van der Waals surface area contributed by atoms with E-state index in [4.69, 9.17) is 33.7 Å². The number of carbonyl (C=O) groups is 1. The van der Waals surface area contributed by atoms with E-state index in [2.05, 4.69) is 10.5 Å². The smallest absolute Gasteiger partial charge is 0.428 e. The number of carbonyl (C=O) groups excluding carboxylic acids is 1. The maximum atomic E-state index is 11.4. The van der Waals surface area contributed by atoms with Crippen molar-refractivity contribution in [3.8, 4) is 0 Å². The normalized spacial score (nSPS) is 12.2. The number of nitrogens with one attached hydrogen (secondary N) is 1. The molecule has 5 nitrogen and oxygen atoms in total. The maximum absolute atomic E-state index is 11.4. The zero-order chi connectivity index (χ0) is 15.3. The van der Waals surface area contributed by atoms with Crippen LogP contribution in [0.25, 0.3) is 0 Å². The summed E-state index contributed by atoms with van der Waals surface area (Å²) in [5.74, 6) is 0.172. The molecule has 0 spiro atoms. The van der Waals surface area contributed by atoms with Crippen LogP contribution in [0.1, 0.15) is 26.3 Å². The number of rotatable bonds is 3. The van der Waals surface area contributed by atoms with Crippen LogP contribution < -0.4 is 11.2 Å². The van der Waals surface area contributed by atoms with Gasteiger partial charge < -0.3 is 10.5 Å². The third-order valence-electron chi connectivity index (χ3n) is 2.11. The standard InChI is InChI=1S/C13H17Cl2N3O2/c1-13(2,3)20-12(19)18-17-11(16)7-8-9(14)5-4-6-10(8)15/h4-6H,7H2,1-3H3,(H2,16,17)(H,18,19). The highest BCUT2D eigenvalue weighted by atomic mass is 35.5. The number of nitrogens with zero attached hydrogens (tertiary/aromatic N) is 1. The van der Waals surface area contributed by atoms with E-state index in [1.807, 2.05) is 0 Å². The molecule has 0 bridgehead atoms. The third kappa shape index (κ3) is 5.67. The number of nitrogens with two attached hydrogens (primary N) is 1. The molecule has 1 amide bonds. The van der Waals surface area contributed by atoms with Crippen LogP contribution in [0, 0.1) is 0 Å². The van der Waals surface area contributed by atoms with Crippen LogP contribution in [0.4, 0.5) is 4.79 Å². The molecule has 0 saturated heterocycles. The van der Waals surface area contributed by atoms with Crippen molar-refractivity contribution in [2.45, 2.75) is 32.8 Å². The van der Waals surface area contributed by atoms with Crippen LogP contribution in [0.2, 0.25) is 10.0 Å². The molecule has 0 aliphatic heterocycles. The van der Waals surface area contributed by atoms with Gasteiger partial charge in [-0.05, 0) is 38.5 Å². The van der Waals surface area contributed by atoms with Crippen LogP contribution in [0.15, 0.2) is 23.3 Å². The number of halogens is 2. The largest absolute Gasteiger partial charge is 0.443 e. The van der Waals surface area contributed by atoms with Gasteiger partial charge in [-0.2, -0.15) is 5.10 Å². The van der Waals surface area contributed by atoms with E-state index >= 15 is 0 Å². The van der Waals surface area contributed by atoms with Crippen LogP contribution in [0.5, 0.6) is 0 Å². The van der Waals surface area contributed by atoms with E-state index in [-0.39, 0.29) is 12.3 Å². The van der Waals surface area contributed by atoms with E-state index in [9.17, 15) is 4.79 Å². The minimum absolute atomic E-state index is 0.172. The van der Waals surface area contributed by atoms with Crippen molar-refractivity contribution in [2.75, 3.05) is 0 Å². The van der Waals surface area contributed by atoms with Gasteiger partial charge in [0.2, 0.25) is 0 Å². The van der Waals surface area contributed by atoms with Crippen LogP contribution >= 0.6 is 23.2 Å². The minimum Gasteiger partial charge on any atom is -0.443 e. The molecule has 0 unspecified atom stereocenters. The Labute approximate surface area is 128 Å². The highest BCUT2D eigenvalue weighted by molar-refractivity contribution is 6.36. The second kappa shape index (κ2) is 6.81. The second-order valence-electron chi connectivity index (χ2n) is 5.09. The van der Waals surface area contributed by atoms with Gasteiger partial charge in [-0.3, -0.25) is 0 Å². The van der Waals surface area contributed by atoms with Crippen LogP contribution in [-0.2, 0) is 11.2 Å². The van der Waals surface area contributed by atoms with Crippen molar-refractivity contribution < 1.29 is 9.53 Å². The average molecular weight is 318 g/mol. The first kappa shape index (κ1) is 16.6. The molecule has 1 aromatic carbocycles. The highest BCUT2D eigenvalue weighted by Gasteiger charge is 2.15. The van der Waals surface area contributed by atoms with Crippen LogP contribution in [-0.4, -0.2) is 17.5 Å². The Hall–Kier alpha value is -1.46. The lowest BCUT2D eigenvalue weighted by molar-refractivity contribution is 0.0529. The Kier molecular flexibility index (Phi) is 5.65. The fraction of sp³-hybridized carbons (Fsp3) is 0.385. The first-order valence-corrected chi connectivity index (χ1v) is 6.68. The third-order valence-corrected chi connectivity index (χ3v) is 2.82. The molecule has 110 valence electrons. The number of amides is 1. The summed E-state index contributed by atoms with van der Waals surface area (Å²) in [5.41, 5.74) is 7.99. The van der Waals surface area contributed by atoms with Crippen molar-refractivity contribution in [3.05, 3.63) is 33.8 Å². The van der Waals surface area contributed by atoms with E-state index in [0.717, 1.165) is 0 Å². The van der Waals surface area contributed by atoms with Crippen molar-refractivity contribution >= 4 is 35.1 Å². The number of amidine groups is 1. The quantitative estimate of drug-likeness (QED) is 0.510. The number of hydrogen-bond acceptors (Lipinski definition) is 3. The van der Waals surface area contributed by atoms with Gasteiger partial charge in [0.25, 0.3) is 0 Å². The molecule has 0 aromatic heterocycles. The molecule has 0 fully saturated rings. The van der Waals surface area contributed by atoms with Gasteiger partial charge >= 0.3 is 6.09 Å². The summed E-state index contributed by atoms with van der Waals surface area (Å²) in [6.07, 6.45) is -0.445. The van der Waals surface area contributed by atoms with Gasteiger partial charge in [0.15, 0.2) is 0 Å². The molecular weight excluding hydrogens is 301 g/mol. The fourth-order valence-corrected chi connectivity index (χ4v) is 1.87. The summed E-state index contributed by atoms with van der Waals surface area (Å²) in [5, 5.41) is 4.73. The Morgan fingerprint density at radius 3 is 2.40 bits per heavy atom. The van der Waals surface area contributed by atoms with E-state index in [1.54, 1.807) is 39.0 Å². The van der Waals surface area contributed by atoms with Gasteiger partial charge in [-0.15, -0.1) is 0 Å². The maximum Gasteiger partial charge on any atom is 0.428 e. The number of benzene rings is 1. The van der Waals surface area contributed by atoms with Crippen molar-refractivity contribution in [1.82, 2.24) is 5.43 Å². The lowest BCUT2D eigenvalue weighted by Gasteiger charge is -2.18. The molecule has 7 heteroatoms. The molecule has 1 rings (SSSR count). The average Bonchev–Trinajstić information content (AvgIpc) is 2.29. The molecule has 0 saturated carbocycles. The zero-order valence-electron chi connectivity index (χ0n) is 11.5. The Bertz CT molecular complexity index is 505. The summed E-state index contributed by atoms with van der Waals surface area (Å²) >= 11 is 12.0. The summed E-state index contributed by atoms with van der Waals surface area (Å²) in [6.45, 7) is 5.26. The van der Waals surface area contributed by atoms with Crippen LogP contribution in [0.3, 0.4) is 0 Å². The van der Waals surface area contributed by atoms with Crippen molar-refractivity contribution in [3.63, 3.8) is 0 Å². The molecule has 0 radical (unpaired) electrons. The predicted octanol–water partition coefficient (Wildman–Crippen LogP) is 3.33. The van der Waals surface area contributed by atoms with E-state index < -0.39 is 11.7 Å². The predicted molar refractivity (Wildman–Crippen MR) is 81.2 cm³/mol. The van der Waals surface area contributed by atoms with Gasteiger partial charge in [0.05, 0.1) is 0 Å². The van der Waals surface area contributed by atoms with Crippen molar-refractivity contribution in [1.29, 1.82) is 0 Å². The van der Waals surface area contributed by atoms with Crippen molar-refractivity contribution in [2.24, 2.45) is 10.8 Å². The highest BCUT2D eigenvalue weighted by Crippen LogP contribution is 2.24. The minimum atomic E-state index is -0.675. The summed E-state index contributed by atoms with van der Waals surface area (Å²) in [7, 11) is 0. The molecule has 0 aliphatic carbocycles. The number of hydrazone groups is 1. The summed E-state index contributed by atoms with van der Waals surface area (Å²) in [6, 6.07) is 5.15. The summed E-state index contributed by atoms with van der Waals surface area (Å²) < 4.78 is 5.02. The topological polar surface area (TPSA) is 76.7 Å². The monoisotopic (exact) mass is 317 g/mol. The van der Waals surface area contributed by atoms with E-state index in [0.29, 0.717) is 15.6 Å². The fourth-order valence-electron chi connectivity index (χ4n) is 1.34. The van der Waals surface area contributed by atoms with Gasteiger partial charge in [-0.25, -0.2) is 10.2 Å².